The Labute approximate surface area is 235 Å². The van der Waals surface area contributed by atoms with Crippen LogP contribution in [-0.4, -0.2) is 16.8 Å². The summed E-state index contributed by atoms with van der Waals surface area (Å²) >= 11 is 12.1. The van der Waals surface area contributed by atoms with Crippen LogP contribution in [0, 0.1) is 10.1 Å². The maximum absolute atomic E-state index is 12.9. The number of amides is 1. The summed E-state index contributed by atoms with van der Waals surface area (Å²) < 4.78 is 5.47. The zero-order chi connectivity index (χ0) is 27.8. The summed E-state index contributed by atoms with van der Waals surface area (Å²) in [6.07, 6.45) is 16.1. The number of esters is 1. The number of carbonyl (C=O) groups is 2. The van der Waals surface area contributed by atoms with Gasteiger partial charge in [0.15, 0.2) is 0 Å². The van der Waals surface area contributed by atoms with Gasteiger partial charge in [0.1, 0.15) is 5.75 Å². The minimum atomic E-state index is -0.605. The minimum Gasteiger partial charge on any atom is -0.426 e. The monoisotopic (exact) mass is 564 g/mol. The second-order valence-electron chi connectivity index (χ2n) is 9.48. The Morgan fingerprint density at radius 2 is 1.42 bits per heavy atom. The molecule has 2 rings (SSSR count). The Morgan fingerprint density at radius 1 is 0.842 bits per heavy atom. The van der Waals surface area contributed by atoms with Crippen LogP contribution in [-0.2, 0) is 4.79 Å². The number of hydrogen-bond donors (Lipinski definition) is 1. The molecule has 0 spiro atoms. The Bertz CT molecular complexity index is 1060. The summed E-state index contributed by atoms with van der Waals surface area (Å²) in [5.74, 6) is -0.936. The van der Waals surface area contributed by atoms with E-state index >= 15 is 0 Å². The molecule has 0 saturated carbocycles. The van der Waals surface area contributed by atoms with Crippen molar-refractivity contribution in [3.63, 3.8) is 0 Å². The third-order valence-electron chi connectivity index (χ3n) is 6.31. The normalized spacial score (nSPS) is 10.8. The third-order valence-corrected chi connectivity index (χ3v) is 6.85. The number of nitro benzene ring substituents is 1. The smallest absolute Gasteiger partial charge is 0.311 e. The van der Waals surface area contributed by atoms with Crippen LogP contribution in [0.1, 0.15) is 107 Å². The highest BCUT2D eigenvalue weighted by Gasteiger charge is 2.18. The molecule has 7 nitrogen and oxygen atoms in total. The molecule has 0 bridgehead atoms. The molecule has 38 heavy (non-hydrogen) atoms. The van der Waals surface area contributed by atoms with E-state index in [1.165, 1.54) is 94.5 Å². The summed E-state index contributed by atoms with van der Waals surface area (Å²) in [6.45, 7) is 2.24. The molecule has 1 amide bonds. The maximum Gasteiger partial charge on any atom is 0.311 e. The molecular formula is C29H38Cl2N2O5. The van der Waals surface area contributed by atoms with E-state index in [-0.39, 0.29) is 34.1 Å². The maximum atomic E-state index is 12.9. The number of rotatable bonds is 18. The van der Waals surface area contributed by atoms with Gasteiger partial charge in [0, 0.05) is 23.6 Å². The van der Waals surface area contributed by atoms with Crippen LogP contribution >= 0.6 is 23.2 Å². The van der Waals surface area contributed by atoms with Gasteiger partial charge in [0.2, 0.25) is 0 Å². The number of hydrogen-bond acceptors (Lipinski definition) is 5. The van der Waals surface area contributed by atoms with Crippen LogP contribution in [0.2, 0.25) is 10.0 Å². The van der Waals surface area contributed by atoms with Crippen LogP contribution in [0.3, 0.4) is 0 Å². The lowest BCUT2D eigenvalue weighted by molar-refractivity contribution is -0.384. The summed E-state index contributed by atoms with van der Waals surface area (Å²) in [4.78, 5) is 35.6. The summed E-state index contributed by atoms with van der Waals surface area (Å²) in [6, 6.07) is 8.11. The molecule has 0 atom stereocenters. The number of nitrogens with one attached hydrogen (secondary N) is 1. The number of unbranched alkanes of at least 4 members (excludes halogenated alkanes) is 12. The van der Waals surface area contributed by atoms with Crippen molar-refractivity contribution in [1.29, 1.82) is 0 Å². The molecule has 2 aromatic rings. The van der Waals surface area contributed by atoms with Crippen LogP contribution in [0.25, 0.3) is 0 Å². The number of carbonyl (C=O) groups excluding carboxylic acids is 2. The molecule has 0 radical (unpaired) electrons. The van der Waals surface area contributed by atoms with E-state index < -0.39 is 16.8 Å². The fourth-order valence-corrected chi connectivity index (χ4v) is 4.53. The second kappa shape index (κ2) is 17.8. The Hall–Kier alpha value is -2.64. The van der Waals surface area contributed by atoms with Gasteiger partial charge in [-0.2, -0.15) is 0 Å². The van der Waals surface area contributed by atoms with E-state index in [1.54, 1.807) is 0 Å². The van der Waals surface area contributed by atoms with Gasteiger partial charge in [-0.25, -0.2) is 0 Å². The van der Waals surface area contributed by atoms with Crippen molar-refractivity contribution in [1.82, 2.24) is 0 Å². The molecule has 0 saturated heterocycles. The Morgan fingerprint density at radius 3 is 1.97 bits per heavy atom. The highest BCUT2D eigenvalue weighted by atomic mass is 35.5. The molecular weight excluding hydrogens is 527 g/mol. The highest BCUT2D eigenvalue weighted by molar-refractivity contribution is 6.34. The van der Waals surface area contributed by atoms with Crippen LogP contribution in [0.4, 0.5) is 11.4 Å². The standard InChI is InChI=1S/C29H38Cl2N2O5/c1-2-3-4-5-6-7-8-9-10-11-12-13-14-15-28(34)38-27-19-16-22(30)20-24(27)29(35)32-26-18-17-23(33(36)37)21-25(26)31/h16-21H,2-15H2,1H3,(H,32,35). The largest absolute Gasteiger partial charge is 0.426 e. The van der Waals surface area contributed by atoms with E-state index in [2.05, 4.69) is 12.2 Å². The molecule has 0 unspecified atom stereocenters. The number of non-ortho nitro benzene ring substituents is 1. The van der Waals surface area contributed by atoms with E-state index in [4.69, 9.17) is 27.9 Å². The van der Waals surface area contributed by atoms with Gasteiger partial charge in [0.25, 0.3) is 11.6 Å². The van der Waals surface area contributed by atoms with Crippen molar-refractivity contribution >= 4 is 46.5 Å². The molecule has 9 heteroatoms. The van der Waals surface area contributed by atoms with Gasteiger partial charge in [-0.05, 0) is 30.7 Å². The Balaban J connectivity index is 1.73. The van der Waals surface area contributed by atoms with E-state index in [0.29, 0.717) is 5.02 Å². The predicted molar refractivity (Wildman–Crippen MR) is 153 cm³/mol. The van der Waals surface area contributed by atoms with Gasteiger partial charge in [-0.1, -0.05) is 107 Å². The lowest BCUT2D eigenvalue weighted by Gasteiger charge is -2.12. The first-order valence-electron chi connectivity index (χ1n) is 13.6. The zero-order valence-corrected chi connectivity index (χ0v) is 23.6. The fourth-order valence-electron chi connectivity index (χ4n) is 4.14. The molecule has 0 aliphatic heterocycles. The minimum absolute atomic E-state index is 0.00975. The van der Waals surface area contributed by atoms with Crippen molar-refractivity contribution in [3.05, 3.63) is 62.1 Å². The molecule has 0 heterocycles. The van der Waals surface area contributed by atoms with Crippen molar-refractivity contribution in [2.45, 2.75) is 96.8 Å². The third kappa shape index (κ3) is 11.8. The molecule has 0 aromatic heterocycles. The first-order chi connectivity index (χ1) is 18.3. The molecule has 0 fully saturated rings. The lowest BCUT2D eigenvalue weighted by Crippen LogP contribution is -2.16. The summed E-state index contributed by atoms with van der Waals surface area (Å²) in [7, 11) is 0. The first kappa shape index (κ1) is 31.6. The number of nitro groups is 1. The zero-order valence-electron chi connectivity index (χ0n) is 22.1. The molecule has 0 aliphatic carbocycles. The van der Waals surface area contributed by atoms with Gasteiger partial charge in [-0.3, -0.25) is 19.7 Å². The number of ether oxygens (including phenoxy) is 1. The van der Waals surface area contributed by atoms with Crippen molar-refractivity contribution in [2.24, 2.45) is 0 Å². The van der Waals surface area contributed by atoms with Crippen molar-refractivity contribution in [3.8, 4) is 5.75 Å². The topological polar surface area (TPSA) is 98.5 Å². The van der Waals surface area contributed by atoms with Gasteiger partial charge < -0.3 is 10.1 Å². The number of nitrogens with zero attached hydrogens (tertiary/aromatic N) is 1. The average Bonchev–Trinajstić information content (AvgIpc) is 2.88. The quantitative estimate of drug-likeness (QED) is 0.0638. The fraction of sp³-hybridized carbons (Fsp3) is 0.517. The predicted octanol–water partition coefficient (Wildman–Crippen LogP) is 9.54. The first-order valence-corrected chi connectivity index (χ1v) is 14.3. The second-order valence-corrected chi connectivity index (χ2v) is 10.3. The molecule has 0 aliphatic rings. The van der Waals surface area contributed by atoms with E-state index in [9.17, 15) is 19.7 Å². The van der Waals surface area contributed by atoms with Crippen molar-refractivity contribution < 1.29 is 19.2 Å². The SMILES string of the molecule is CCCCCCCCCCCCCCCC(=O)Oc1ccc(Cl)cc1C(=O)Nc1ccc([N+](=O)[O-])cc1Cl. The van der Waals surface area contributed by atoms with Crippen molar-refractivity contribution in [2.75, 3.05) is 5.32 Å². The molecule has 208 valence electrons. The summed E-state index contributed by atoms with van der Waals surface area (Å²) in [5, 5.41) is 13.8. The van der Waals surface area contributed by atoms with Crippen LogP contribution in [0.15, 0.2) is 36.4 Å². The van der Waals surface area contributed by atoms with Crippen LogP contribution in [0.5, 0.6) is 5.75 Å². The lowest BCUT2D eigenvalue weighted by atomic mass is 10.0. The number of anilines is 1. The van der Waals surface area contributed by atoms with Gasteiger partial charge >= 0.3 is 5.97 Å². The van der Waals surface area contributed by atoms with Gasteiger partial charge in [-0.15, -0.1) is 0 Å². The summed E-state index contributed by atoms with van der Waals surface area (Å²) in [5.41, 5.74) is 0.0515. The van der Waals surface area contributed by atoms with Crippen LogP contribution < -0.4 is 10.1 Å². The van der Waals surface area contributed by atoms with E-state index in [1.807, 2.05) is 0 Å². The molecule has 1 N–H and O–H groups in total. The Kier molecular flexibility index (Phi) is 14.8. The number of benzene rings is 2. The van der Waals surface area contributed by atoms with E-state index in [0.717, 1.165) is 25.3 Å². The highest BCUT2D eigenvalue weighted by Crippen LogP contribution is 2.29. The van der Waals surface area contributed by atoms with Gasteiger partial charge in [0.05, 0.1) is 21.2 Å². The average molecular weight is 566 g/mol. The molecule has 2 aromatic carbocycles. The number of halogens is 2.